The van der Waals surface area contributed by atoms with E-state index in [9.17, 15) is 9.90 Å². The van der Waals surface area contributed by atoms with E-state index in [1.54, 1.807) is 12.1 Å². The van der Waals surface area contributed by atoms with E-state index in [0.717, 1.165) is 17.7 Å². The molecule has 1 aromatic rings. The van der Waals surface area contributed by atoms with E-state index in [1.165, 1.54) is 0 Å². The van der Waals surface area contributed by atoms with Crippen LogP contribution < -0.4 is 5.32 Å². The fraction of sp³-hybridized carbons (Fsp3) is 0.385. The number of benzene rings is 1. The number of phenols is 1. The van der Waals surface area contributed by atoms with Gasteiger partial charge in [-0.15, -0.1) is 0 Å². The predicted molar refractivity (Wildman–Crippen MR) is 63.9 cm³/mol. The molecule has 0 bridgehead atoms. The first-order valence-corrected chi connectivity index (χ1v) is 5.73. The highest BCUT2D eigenvalue weighted by Gasteiger charge is 2.48. The van der Waals surface area contributed by atoms with Gasteiger partial charge in [0.15, 0.2) is 0 Å². The first-order chi connectivity index (χ1) is 8.08. The molecule has 1 aromatic carbocycles. The van der Waals surface area contributed by atoms with Crippen molar-refractivity contribution >= 4 is 11.6 Å². The van der Waals surface area contributed by atoms with E-state index in [2.05, 4.69) is 17.2 Å². The Morgan fingerprint density at radius 3 is 2.88 bits per heavy atom. The van der Waals surface area contributed by atoms with Gasteiger partial charge >= 0.3 is 0 Å². The maximum atomic E-state index is 11.3. The Bertz CT molecular complexity index is 524. The predicted octanol–water partition coefficient (Wildman–Crippen LogP) is 1.44. The SMILES string of the molecule is C[C@]12CC(=O)N[C@@H]1N=C(c1ccccc1O)C2. The van der Waals surface area contributed by atoms with Gasteiger partial charge < -0.3 is 10.4 Å². The lowest BCUT2D eigenvalue weighted by molar-refractivity contribution is -0.119. The molecule has 0 radical (unpaired) electrons. The molecule has 0 aliphatic carbocycles. The zero-order valence-electron chi connectivity index (χ0n) is 9.60. The molecule has 0 aromatic heterocycles. The van der Waals surface area contributed by atoms with Crippen molar-refractivity contribution in [2.45, 2.75) is 25.9 Å². The largest absolute Gasteiger partial charge is 0.507 e. The number of aromatic hydroxyl groups is 1. The number of nitrogens with one attached hydrogen (secondary N) is 1. The van der Waals surface area contributed by atoms with Crippen molar-refractivity contribution in [3.05, 3.63) is 29.8 Å². The second-order valence-corrected chi connectivity index (χ2v) is 5.07. The third kappa shape index (κ3) is 1.52. The minimum absolute atomic E-state index is 0.0672. The minimum atomic E-state index is -0.135. The Morgan fingerprint density at radius 1 is 1.41 bits per heavy atom. The molecule has 4 nitrogen and oxygen atoms in total. The smallest absolute Gasteiger partial charge is 0.222 e. The zero-order chi connectivity index (χ0) is 12.0. The lowest BCUT2D eigenvalue weighted by Crippen LogP contribution is -2.29. The van der Waals surface area contributed by atoms with Crippen molar-refractivity contribution in [2.75, 3.05) is 0 Å². The van der Waals surface area contributed by atoms with Crippen molar-refractivity contribution in [3.63, 3.8) is 0 Å². The quantitative estimate of drug-likeness (QED) is 0.766. The van der Waals surface area contributed by atoms with Crippen LogP contribution in [0.1, 0.15) is 25.3 Å². The van der Waals surface area contributed by atoms with E-state index < -0.39 is 0 Å². The lowest BCUT2D eigenvalue weighted by Gasteiger charge is -2.19. The third-order valence-corrected chi connectivity index (χ3v) is 3.59. The molecule has 1 amide bonds. The maximum Gasteiger partial charge on any atom is 0.222 e. The zero-order valence-corrected chi connectivity index (χ0v) is 9.60. The molecule has 1 saturated heterocycles. The van der Waals surface area contributed by atoms with Gasteiger partial charge in [0.1, 0.15) is 11.9 Å². The van der Waals surface area contributed by atoms with Crippen LogP contribution in [0.15, 0.2) is 29.3 Å². The highest BCUT2D eigenvalue weighted by Crippen LogP contribution is 2.42. The summed E-state index contributed by atoms with van der Waals surface area (Å²) in [5, 5.41) is 12.7. The molecule has 1 fully saturated rings. The Balaban J connectivity index is 1.97. The number of hydrogen-bond donors (Lipinski definition) is 2. The summed E-state index contributed by atoms with van der Waals surface area (Å²) in [5.74, 6) is 0.318. The van der Waals surface area contributed by atoms with Crippen LogP contribution in [0.2, 0.25) is 0 Å². The number of fused-ring (bicyclic) bond motifs is 1. The lowest BCUT2D eigenvalue weighted by atomic mass is 9.83. The topological polar surface area (TPSA) is 61.7 Å². The van der Waals surface area contributed by atoms with Crippen LogP contribution in [0.4, 0.5) is 0 Å². The molecule has 2 aliphatic rings. The summed E-state index contributed by atoms with van der Waals surface area (Å²) < 4.78 is 0. The molecule has 0 spiro atoms. The van der Waals surface area contributed by atoms with Crippen LogP contribution in [0.5, 0.6) is 5.75 Å². The van der Waals surface area contributed by atoms with E-state index in [1.807, 2.05) is 12.1 Å². The van der Waals surface area contributed by atoms with Gasteiger partial charge in [-0.05, 0) is 18.6 Å². The summed E-state index contributed by atoms with van der Waals surface area (Å²) in [7, 11) is 0. The Kier molecular flexibility index (Phi) is 2.02. The monoisotopic (exact) mass is 230 g/mol. The van der Waals surface area contributed by atoms with Crippen LogP contribution in [0, 0.1) is 5.41 Å². The third-order valence-electron chi connectivity index (χ3n) is 3.59. The summed E-state index contributed by atoms with van der Waals surface area (Å²) >= 11 is 0. The molecule has 2 heterocycles. The first kappa shape index (κ1) is 10.3. The molecule has 4 heteroatoms. The van der Waals surface area contributed by atoms with Gasteiger partial charge in [0, 0.05) is 23.1 Å². The van der Waals surface area contributed by atoms with E-state index in [-0.39, 0.29) is 23.2 Å². The second-order valence-electron chi connectivity index (χ2n) is 5.07. The molecule has 2 N–H and O–H groups in total. The molecule has 0 unspecified atom stereocenters. The van der Waals surface area contributed by atoms with Crippen LogP contribution in [0.3, 0.4) is 0 Å². The summed E-state index contributed by atoms with van der Waals surface area (Å²) in [6, 6.07) is 7.19. The Labute approximate surface area is 99.4 Å². The van der Waals surface area contributed by atoms with Gasteiger partial charge in [0.05, 0.1) is 0 Å². The van der Waals surface area contributed by atoms with E-state index >= 15 is 0 Å². The number of hydrogen-bond acceptors (Lipinski definition) is 3. The number of nitrogens with zero attached hydrogens (tertiary/aromatic N) is 1. The summed E-state index contributed by atoms with van der Waals surface area (Å²) in [4.78, 5) is 15.9. The van der Waals surface area contributed by atoms with Crippen molar-refractivity contribution < 1.29 is 9.90 Å². The molecule has 88 valence electrons. The second kappa shape index (κ2) is 3.32. The van der Waals surface area contributed by atoms with Gasteiger partial charge in [0.2, 0.25) is 5.91 Å². The van der Waals surface area contributed by atoms with Crippen LogP contribution in [-0.2, 0) is 4.79 Å². The highest BCUT2D eigenvalue weighted by molar-refractivity contribution is 6.05. The van der Waals surface area contributed by atoms with E-state index in [0.29, 0.717) is 6.42 Å². The van der Waals surface area contributed by atoms with Crippen molar-refractivity contribution in [2.24, 2.45) is 10.4 Å². The Hall–Kier alpha value is -1.84. The number of carbonyl (C=O) groups is 1. The summed E-state index contributed by atoms with van der Waals surface area (Å²) in [6.45, 7) is 2.06. The van der Waals surface area contributed by atoms with Crippen molar-refractivity contribution in [1.29, 1.82) is 0 Å². The standard InChI is InChI=1S/C13H14N2O2/c1-13-6-9(8-4-2-3-5-10(8)16)14-12(13)15-11(17)7-13/h2-5,12,16H,6-7H2,1H3,(H,15,17)/t12-,13-/m0/s1. The van der Waals surface area contributed by atoms with Gasteiger partial charge in [-0.3, -0.25) is 9.79 Å². The number of rotatable bonds is 1. The van der Waals surface area contributed by atoms with Crippen molar-refractivity contribution in [1.82, 2.24) is 5.32 Å². The average molecular weight is 230 g/mol. The fourth-order valence-corrected chi connectivity index (χ4v) is 2.65. The number of aliphatic imine (C=N–C) groups is 1. The summed E-state index contributed by atoms with van der Waals surface area (Å²) in [6.07, 6.45) is 1.11. The molecule has 17 heavy (non-hydrogen) atoms. The minimum Gasteiger partial charge on any atom is -0.507 e. The van der Waals surface area contributed by atoms with Crippen LogP contribution in [0.25, 0.3) is 0 Å². The Morgan fingerprint density at radius 2 is 2.18 bits per heavy atom. The molecular weight excluding hydrogens is 216 g/mol. The van der Waals surface area contributed by atoms with Gasteiger partial charge in [0.25, 0.3) is 0 Å². The summed E-state index contributed by atoms with van der Waals surface area (Å²) in [5.41, 5.74) is 1.53. The maximum absolute atomic E-state index is 11.3. The average Bonchev–Trinajstić information content (AvgIpc) is 2.68. The number of carbonyl (C=O) groups excluding carboxylic acids is 1. The van der Waals surface area contributed by atoms with Crippen LogP contribution in [-0.4, -0.2) is 22.9 Å². The molecule has 3 rings (SSSR count). The number of para-hydroxylation sites is 1. The normalized spacial score (nSPS) is 31.0. The van der Waals surface area contributed by atoms with Gasteiger partial charge in [-0.2, -0.15) is 0 Å². The fourth-order valence-electron chi connectivity index (χ4n) is 2.65. The molecule has 0 saturated carbocycles. The number of phenolic OH excluding ortho intramolecular Hbond substituents is 1. The van der Waals surface area contributed by atoms with Crippen molar-refractivity contribution in [3.8, 4) is 5.75 Å². The van der Waals surface area contributed by atoms with Gasteiger partial charge in [-0.25, -0.2) is 0 Å². The van der Waals surface area contributed by atoms with E-state index in [4.69, 9.17) is 0 Å². The first-order valence-electron chi connectivity index (χ1n) is 5.73. The molecular formula is C13H14N2O2. The van der Waals surface area contributed by atoms with Gasteiger partial charge in [-0.1, -0.05) is 19.1 Å². The number of amides is 1. The molecule has 2 atom stereocenters. The van der Waals surface area contributed by atoms with Crippen LogP contribution >= 0.6 is 0 Å². The molecule has 2 aliphatic heterocycles. The highest BCUT2D eigenvalue weighted by atomic mass is 16.3.